The molecule has 1 aromatic carbocycles. The third-order valence-corrected chi connectivity index (χ3v) is 3.79. The van der Waals surface area contributed by atoms with Crippen molar-refractivity contribution in [1.29, 1.82) is 0 Å². The number of Topliss-reactive ketones (excluding diaryl/α,β-unsaturated/α-hetero) is 1. The third-order valence-electron chi connectivity index (χ3n) is 3.79. The van der Waals surface area contributed by atoms with E-state index in [0.717, 1.165) is 24.8 Å². The van der Waals surface area contributed by atoms with Crippen LogP contribution in [0.1, 0.15) is 35.2 Å². The summed E-state index contributed by atoms with van der Waals surface area (Å²) in [5.41, 5.74) is 1.62. The summed E-state index contributed by atoms with van der Waals surface area (Å²) in [4.78, 5) is 24.3. The standard InChI is InChI=1S/C16H16O3/c17-15-13-9-5-4-6-11(13)10-14(15)16(18)19-12-7-2-1-3-8-12/h2,4-7,9,12,14H,1,3,8,10H2. The molecule has 98 valence electrons. The normalized spacial score (nSPS) is 25.2. The Kier molecular flexibility index (Phi) is 3.20. The van der Waals surface area contributed by atoms with Crippen LogP contribution in [0.5, 0.6) is 0 Å². The monoisotopic (exact) mass is 256 g/mol. The zero-order valence-corrected chi connectivity index (χ0v) is 10.7. The van der Waals surface area contributed by atoms with E-state index in [4.69, 9.17) is 4.74 Å². The van der Waals surface area contributed by atoms with E-state index in [9.17, 15) is 9.59 Å². The van der Waals surface area contributed by atoms with Gasteiger partial charge in [0.25, 0.3) is 0 Å². The molecule has 0 spiro atoms. The second-order valence-corrected chi connectivity index (χ2v) is 5.11. The fourth-order valence-corrected chi connectivity index (χ4v) is 2.74. The van der Waals surface area contributed by atoms with Gasteiger partial charge in [-0.05, 0) is 37.3 Å². The van der Waals surface area contributed by atoms with Gasteiger partial charge in [0.2, 0.25) is 0 Å². The molecule has 0 radical (unpaired) electrons. The van der Waals surface area contributed by atoms with Crippen LogP contribution in [0.2, 0.25) is 0 Å². The van der Waals surface area contributed by atoms with Crippen molar-refractivity contribution in [3.05, 3.63) is 47.5 Å². The van der Waals surface area contributed by atoms with Crippen LogP contribution in [0.25, 0.3) is 0 Å². The molecule has 3 heteroatoms. The number of esters is 1. The highest BCUT2D eigenvalue weighted by molar-refractivity contribution is 6.12. The molecular formula is C16H16O3. The molecule has 0 N–H and O–H groups in total. The minimum Gasteiger partial charge on any atom is -0.458 e. The fraction of sp³-hybridized carbons (Fsp3) is 0.375. The van der Waals surface area contributed by atoms with E-state index in [1.807, 2.05) is 30.4 Å². The maximum atomic E-state index is 12.2. The van der Waals surface area contributed by atoms with Gasteiger partial charge in [0.1, 0.15) is 12.0 Å². The van der Waals surface area contributed by atoms with E-state index in [1.165, 1.54) is 0 Å². The molecule has 0 aromatic heterocycles. The number of ether oxygens (including phenoxy) is 1. The average molecular weight is 256 g/mol. The Labute approximate surface area is 112 Å². The zero-order valence-electron chi connectivity index (χ0n) is 10.7. The topological polar surface area (TPSA) is 43.4 Å². The highest BCUT2D eigenvalue weighted by Gasteiger charge is 2.37. The van der Waals surface area contributed by atoms with Crippen LogP contribution in [0, 0.1) is 5.92 Å². The molecule has 3 rings (SSSR count). The second kappa shape index (κ2) is 5.00. The van der Waals surface area contributed by atoms with Crippen LogP contribution in [-0.2, 0) is 16.0 Å². The number of carbonyl (C=O) groups is 2. The van der Waals surface area contributed by atoms with Gasteiger partial charge in [-0.15, -0.1) is 0 Å². The predicted octanol–water partition coefficient (Wildman–Crippen LogP) is 2.69. The fourth-order valence-electron chi connectivity index (χ4n) is 2.74. The van der Waals surface area contributed by atoms with E-state index in [-0.39, 0.29) is 17.9 Å². The van der Waals surface area contributed by atoms with Crippen LogP contribution in [0.3, 0.4) is 0 Å². The first-order valence-corrected chi connectivity index (χ1v) is 6.75. The third kappa shape index (κ3) is 2.33. The van der Waals surface area contributed by atoms with E-state index < -0.39 is 5.92 Å². The Morgan fingerprint density at radius 1 is 1.26 bits per heavy atom. The Balaban J connectivity index is 1.71. The molecule has 1 aromatic rings. The van der Waals surface area contributed by atoms with Crippen LogP contribution in [0.15, 0.2) is 36.4 Å². The minimum absolute atomic E-state index is 0.0969. The molecule has 0 fully saturated rings. The Morgan fingerprint density at radius 3 is 2.84 bits per heavy atom. The van der Waals surface area contributed by atoms with Gasteiger partial charge in [-0.1, -0.05) is 30.3 Å². The van der Waals surface area contributed by atoms with Gasteiger partial charge in [0, 0.05) is 5.56 Å². The highest BCUT2D eigenvalue weighted by Crippen LogP contribution is 2.28. The van der Waals surface area contributed by atoms with Crippen molar-refractivity contribution < 1.29 is 14.3 Å². The summed E-state index contributed by atoms with van der Waals surface area (Å²) >= 11 is 0. The largest absolute Gasteiger partial charge is 0.458 e. The first-order valence-electron chi connectivity index (χ1n) is 6.75. The van der Waals surface area contributed by atoms with Crippen molar-refractivity contribution in [2.24, 2.45) is 5.92 Å². The first kappa shape index (κ1) is 12.2. The lowest BCUT2D eigenvalue weighted by Crippen LogP contribution is -2.27. The Bertz CT molecular complexity index is 545. The van der Waals surface area contributed by atoms with E-state index >= 15 is 0 Å². The predicted molar refractivity (Wildman–Crippen MR) is 70.8 cm³/mol. The maximum Gasteiger partial charge on any atom is 0.317 e. The van der Waals surface area contributed by atoms with E-state index in [2.05, 4.69) is 0 Å². The molecule has 0 heterocycles. The Hall–Kier alpha value is -1.90. The second-order valence-electron chi connectivity index (χ2n) is 5.11. The lowest BCUT2D eigenvalue weighted by Gasteiger charge is -2.18. The molecule has 0 aliphatic heterocycles. The lowest BCUT2D eigenvalue weighted by atomic mass is 10.0. The number of rotatable bonds is 2. The van der Waals surface area contributed by atoms with Crippen molar-refractivity contribution in [2.45, 2.75) is 31.8 Å². The summed E-state index contributed by atoms with van der Waals surface area (Å²) in [6.07, 6.45) is 7.22. The van der Waals surface area contributed by atoms with Gasteiger partial charge in [-0.2, -0.15) is 0 Å². The van der Waals surface area contributed by atoms with Gasteiger partial charge in [-0.25, -0.2) is 0 Å². The minimum atomic E-state index is -0.646. The Morgan fingerprint density at radius 2 is 2.11 bits per heavy atom. The van der Waals surface area contributed by atoms with E-state index in [0.29, 0.717) is 12.0 Å². The molecule has 0 bridgehead atoms. The van der Waals surface area contributed by atoms with E-state index in [1.54, 1.807) is 6.07 Å². The van der Waals surface area contributed by atoms with Crippen molar-refractivity contribution in [1.82, 2.24) is 0 Å². The summed E-state index contributed by atoms with van der Waals surface area (Å²) in [5, 5.41) is 0. The van der Waals surface area contributed by atoms with Crippen LogP contribution < -0.4 is 0 Å². The summed E-state index contributed by atoms with van der Waals surface area (Å²) in [6.45, 7) is 0. The van der Waals surface area contributed by atoms with Crippen molar-refractivity contribution in [3.63, 3.8) is 0 Å². The lowest BCUT2D eigenvalue weighted by molar-refractivity contribution is -0.150. The number of hydrogen-bond acceptors (Lipinski definition) is 3. The SMILES string of the molecule is O=C(OC1C=CCCC1)C1Cc2ccccc2C1=O. The molecule has 2 atom stereocenters. The zero-order chi connectivity index (χ0) is 13.2. The molecule has 19 heavy (non-hydrogen) atoms. The maximum absolute atomic E-state index is 12.2. The molecule has 0 saturated carbocycles. The van der Waals surface area contributed by atoms with Gasteiger partial charge in [0.05, 0.1) is 0 Å². The molecule has 0 saturated heterocycles. The molecule has 2 aliphatic carbocycles. The quantitative estimate of drug-likeness (QED) is 0.464. The number of carbonyl (C=O) groups excluding carboxylic acids is 2. The molecule has 2 unspecified atom stereocenters. The van der Waals surface area contributed by atoms with Gasteiger partial charge >= 0.3 is 5.97 Å². The summed E-state index contributed by atoms with van der Waals surface area (Å²) in [7, 11) is 0. The van der Waals surface area contributed by atoms with Gasteiger partial charge in [0.15, 0.2) is 5.78 Å². The van der Waals surface area contributed by atoms with Crippen molar-refractivity contribution in [3.8, 4) is 0 Å². The molecule has 3 nitrogen and oxygen atoms in total. The molecule has 0 amide bonds. The molecular weight excluding hydrogens is 240 g/mol. The number of fused-ring (bicyclic) bond motifs is 1. The smallest absolute Gasteiger partial charge is 0.317 e. The highest BCUT2D eigenvalue weighted by atomic mass is 16.5. The summed E-state index contributed by atoms with van der Waals surface area (Å²) in [5.74, 6) is -1.12. The van der Waals surface area contributed by atoms with Crippen LogP contribution >= 0.6 is 0 Å². The van der Waals surface area contributed by atoms with Gasteiger partial charge in [-0.3, -0.25) is 9.59 Å². The number of ketones is 1. The number of benzene rings is 1. The first-order chi connectivity index (χ1) is 9.25. The molecule has 2 aliphatic rings. The number of allylic oxidation sites excluding steroid dienone is 1. The average Bonchev–Trinajstić information content (AvgIpc) is 2.78. The van der Waals surface area contributed by atoms with Crippen LogP contribution in [-0.4, -0.2) is 17.9 Å². The van der Waals surface area contributed by atoms with Crippen molar-refractivity contribution in [2.75, 3.05) is 0 Å². The summed E-state index contributed by atoms with van der Waals surface area (Å²) in [6, 6.07) is 7.41. The van der Waals surface area contributed by atoms with Crippen LogP contribution in [0.4, 0.5) is 0 Å². The van der Waals surface area contributed by atoms with Gasteiger partial charge < -0.3 is 4.74 Å². The number of hydrogen-bond donors (Lipinski definition) is 0. The van der Waals surface area contributed by atoms with Crippen molar-refractivity contribution >= 4 is 11.8 Å². The summed E-state index contributed by atoms with van der Waals surface area (Å²) < 4.78 is 5.43.